The third-order valence-corrected chi connectivity index (χ3v) is 3.53. The quantitative estimate of drug-likeness (QED) is 0.600. The van der Waals surface area contributed by atoms with E-state index >= 15 is 0 Å². The van der Waals surface area contributed by atoms with E-state index in [-0.39, 0.29) is 5.91 Å². The smallest absolute Gasteiger partial charge is 0.257 e. The Morgan fingerprint density at radius 1 is 1.37 bits per heavy atom. The van der Waals surface area contributed by atoms with Crippen LogP contribution in [0.1, 0.15) is 15.9 Å². The number of carbonyl (C=O) groups is 1. The fraction of sp³-hybridized carbons (Fsp3) is 0.0769. The van der Waals surface area contributed by atoms with Crippen LogP contribution in [0.3, 0.4) is 0 Å². The van der Waals surface area contributed by atoms with Gasteiger partial charge >= 0.3 is 0 Å². The highest BCUT2D eigenvalue weighted by atomic mass is 79.9. The first kappa shape index (κ1) is 13.5. The van der Waals surface area contributed by atoms with Gasteiger partial charge in [0.25, 0.3) is 5.91 Å². The number of benzene rings is 1. The maximum atomic E-state index is 12.1. The fourth-order valence-corrected chi connectivity index (χ4v) is 1.87. The Kier molecular flexibility index (Phi) is 4.13. The molecule has 6 heteroatoms. The van der Waals surface area contributed by atoms with Gasteiger partial charge in [-0.3, -0.25) is 15.6 Å². The van der Waals surface area contributed by atoms with Gasteiger partial charge in [-0.1, -0.05) is 15.9 Å². The van der Waals surface area contributed by atoms with Gasteiger partial charge in [0.2, 0.25) is 0 Å². The molecule has 1 aromatic heterocycles. The minimum Gasteiger partial charge on any atom is -0.322 e. The Hall–Kier alpha value is -1.92. The summed E-state index contributed by atoms with van der Waals surface area (Å²) in [4.78, 5) is 16.0. The first-order valence-corrected chi connectivity index (χ1v) is 6.39. The van der Waals surface area contributed by atoms with Crippen LogP contribution in [0.25, 0.3) is 0 Å². The number of nitrogen functional groups attached to an aromatic ring is 1. The standard InChI is InChI=1S/C13H13BrN4O/c1-8-6-9(2-3-11(8)14)17-13(19)10-4-5-16-7-12(10)18-15/h2-7,18H,15H2,1H3,(H,17,19). The summed E-state index contributed by atoms with van der Waals surface area (Å²) in [6.45, 7) is 1.96. The Bertz CT molecular complexity index is 615. The molecule has 0 fully saturated rings. The van der Waals surface area contributed by atoms with E-state index in [1.807, 2.05) is 25.1 Å². The Morgan fingerprint density at radius 3 is 2.84 bits per heavy atom. The highest BCUT2D eigenvalue weighted by Gasteiger charge is 2.11. The van der Waals surface area contributed by atoms with Crippen LogP contribution >= 0.6 is 15.9 Å². The van der Waals surface area contributed by atoms with Crippen LogP contribution in [0.4, 0.5) is 11.4 Å². The number of aryl methyl sites for hydroxylation is 1. The summed E-state index contributed by atoms with van der Waals surface area (Å²) in [5.74, 6) is 5.11. The lowest BCUT2D eigenvalue weighted by molar-refractivity contribution is 0.102. The Labute approximate surface area is 119 Å². The molecule has 2 aromatic rings. The molecular formula is C13H13BrN4O. The zero-order chi connectivity index (χ0) is 13.8. The number of nitrogens with one attached hydrogen (secondary N) is 2. The van der Waals surface area contributed by atoms with E-state index in [1.54, 1.807) is 12.3 Å². The summed E-state index contributed by atoms with van der Waals surface area (Å²) in [7, 11) is 0. The minimum absolute atomic E-state index is 0.239. The van der Waals surface area contributed by atoms with Crippen molar-refractivity contribution in [3.63, 3.8) is 0 Å². The van der Waals surface area contributed by atoms with Crippen molar-refractivity contribution in [1.82, 2.24) is 4.98 Å². The minimum atomic E-state index is -0.239. The number of hydrogen-bond acceptors (Lipinski definition) is 4. The number of nitrogens with two attached hydrogens (primary N) is 1. The normalized spacial score (nSPS) is 10.1. The molecular weight excluding hydrogens is 308 g/mol. The molecule has 5 nitrogen and oxygen atoms in total. The number of carbonyl (C=O) groups excluding carboxylic acids is 1. The summed E-state index contributed by atoms with van der Waals surface area (Å²) in [6, 6.07) is 7.21. The van der Waals surface area contributed by atoms with E-state index in [1.165, 1.54) is 6.20 Å². The van der Waals surface area contributed by atoms with Gasteiger partial charge in [0.15, 0.2) is 0 Å². The van der Waals surface area contributed by atoms with Gasteiger partial charge in [0.05, 0.1) is 17.4 Å². The highest BCUT2D eigenvalue weighted by molar-refractivity contribution is 9.10. The van der Waals surface area contributed by atoms with Crippen LogP contribution < -0.4 is 16.6 Å². The van der Waals surface area contributed by atoms with Crippen LogP contribution in [0.15, 0.2) is 41.1 Å². The summed E-state index contributed by atoms with van der Waals surface area (Å²) in [6.07, 6.45) is 3.05. The number of amides is 1. The summed E-state index contributed by atoms with van der Waals surface area (Å²) in [5, 5.41) is 2.82. The van der Waals surface area contributed by atoms with Gasteiger partial charge < -0.3 is 10.7 Å². The highest BCUT2D eigenvalue weighted by Crippen LogP contribution is 2.21. The largest absolute Gasteiger partial charge is 0.322 e. The first-order chi connectivity index (χ1) is 9.11. The van der Waals surface area contributed by atoms with Crippen LogP contribution in [0, 0.1) is 6.92 Å². The van der Waals surface area contributed by atoms with Crippen LogP contribution in [-0.2, 0) is 0 Å². The average molecular weight is 321 g/mol. The van der Waals surface area contributed by atoms with Crippen LogP contribution in [0.5, 0.6) is 0 Å². The van der Waals surface area contributed by atoms with Gasteiger partial charge in [-0.2, -0.15) is 0 Å². The third kappa shape index (κ3) is 3.10. The second-order valence-electron chi connectivity index (χ2n) is 3.98. The lowest BCUT2D eigenvalue weighted by Gasteiger charge is -2.10. The van der Waals surface area contributed by atoms with E-state index in [0.717, 1.165) is 15.7 Å². The number of anilines is 2. The third-order valence-electron chi connectivity index (χ3n) is 2.64. The van der Waals surface area contributed by atoms with Crippen molar-refractivity contribution in [3.05, 3.63) is 52.3 Å². The molecule has 0 unspecified atom stereocenters. The lowest BCUT2D eigenvalue weighted by Crippen LogP contribution is -2.17. The zero-order valence-corrected chi connectivity index (χ0v) is 11.9. The molecule has 0 saturated heterocycles. The van der Waals surface area contributed by atoms with Crippen molar-refractivity contribution in [2.24, 2.45) is 5.84 Å². The second kappa shape index (κ2) is 5.81. The molecule has 0 atom stereocenters. The maximum Gasteiger partial charge on any atom is 0.257 e. The van der Waals surface area contributed by atoms with Gasteiger partial charge in [-0.25, -0.2) is 0 Å². The predicted molar refractivity (Wildman–Crippen MR) is 78.9 cm³/mol. The molecule has 0 aliphatic rings. The van der Waals surface area contributed by atoms with Gasteiger partial charge in [-0.05, 0) is 36.8 Å². The molecule has 1 amide bonds. The summed E-state index contributed by atoms with van der Waals surface area (Å²) < 4.78 is 0.999. The molecule has 1 aromatic carbocycles. The van der Waals surface area contributed by atoms with Gasteiger partial charge in [0, 0.05) is 16.4 Å². The van der Waals surface area contributed by atoms with Gasteiger partial charge in [-0.15, -0.1) is 0 Å². The number of hydrazine groups is 1. The zero-order valence-electron chi connectivity index (χ0n) is 10.3. The van der Waals surface area contributed by atoms with E-state index in [2.05, 4.69) is 31.7 Å². The molecule has 0 saturated carbocycles. The molecule has 0 radical (unpaired) electrons. The van der Waals surface area contributed by atoms with Crippen molar-refractivity contribution < 1.29 is 4.79 Å². The number of rotatable bonds is 3. The maximum absolute atomic E-state index is 12.1. The number of hydrogen-bond donors (Lipinski definition) is 3. The SMILES string of the molecule is Cc1cc(NC(=O)c2ccncc2NN)ccc1Br. The van der Waals surface area contributed by atoms with Crippen molar-refractivity contribution in [3.8, 4) is 0 Å². The Balaban J connectivity index is 2.23. The van der Waals surface area contributed by atoms with Crippen LogP contribution in [-0.4, -0.2) is 10.9 Å². The summed E-state index contributed by atoms with van der Waals surface area (Å²) in [5.41, 5.74) is 5.15. The molecule has 1 heterocycles. The molecule has 4 N–H and O–H groups in total. The first-order valence-electron chi connectivity index (χ1n) is 5.60. The topological polar surface area (TPSA) is 80.0 Å². The molecule has 2 rings (SSSR count). The average Bonchev–Trinajstić information content (AvgIpc) is 2.43. The molecule has 0 aliphatic heterocycles. The fourth-order valence-electron chi connectivity index (χ4n) is 1.63. The van der Waals surface area contributed by atoms with Crippen molar-refractivity contribution in [2.75, 3.05) is 10.7 Å². The number of aromatic nitrogens is 1. The van der Waals surface area contributed by atoms with E-state index in [9.17, 15) is 4.79 Å². The van der Waals surface area contributed by atoms with Crippen molar-refractivity contribution in [2.45, 2.75) is 6.92 Å². The number of nitrogens with zero attached hydrogens (tertiary/aromatic N) is 1. The summed E-state index contributed by atoms with van der Waals surface area (Å²) >= 11 is 3.42. The lowest BCUT2D eigenvalue weighted by atomic mass is 10.2. The number of pyridine rings is 1. The predicted octanol–water partition coefficient (Wildman–Crippen LogP) is 2.69. The molecule has 0 aliphatic carbocycles. The molecule has 19 heavy (non-hydrogen) atoms. The second-order valence-corrected chi connectivity index (χ2v) is 4.84. The van der Waals surface area contributed by atoms with Crippen molar-refractivity contribution >= 4 is 33.2 Å². The van der Waals surface area contributed by atoms with E-state index < -0.39 is 0 Å². The van der Waals surface area contributed by atoms with Crippen LogP contribution in [0.2, 0.25) is 0 Å². The van der Waals surface area contributed by atoms with Crippen molar-refractivity contribution in [1.29, 1.82) is 0 Å². The molecule has 0 spiro atoms. The molecule has 0 bridgehead atoms. The van der Waals surface area contributed by atoms with Gasteiger partial charge in [0.1, 0.15) is 0 Å². The Morgan fingerprint density at radius 2 is 2.16 bits per heavy atom. The van der Waals surface area contributed by atoms with E-state index in [0.29, 0.717) is 11.3 Å². The molecule has 98 valence electrons. The van der Waals surface area contributed by atoms with E-state index in [4.69, 9.17) is 5.84 Å². The monoisotopic (exact) mass is 320 g/mol. The number of halogens is 1.